The first kappa shape index (κ1) is 11.7. The summed E-state index contributed by atoms with van der Waals surface area (Å²) in [7, 11) is 0. The van der Waals surface area contributed by atoms with Crippen molar-refractivity contribution in [2.24, 2.45) is 0 Å². The minimum Gasteiger partial charge on any atom is -0.484 e. The van der Waals surface area contributed by atoms with Gasteiger partial charge in [-0.3, -0.25) is 4.79 Å². The summed E-state index contributed by atoms with van der Waals surface area (Å²) in [6.45, 7) is 0.0390. The van der Waals surface area contributed by atoms with Gasteiger partial charge >= 0.3 is 0 Å². The van der Waals surface area contributed by atoms with Gasteiger partial charge in [-0.05, 0) is 25.0 Å². The van der Waals surface area contributed by atoms with E-state index in [1.165, 1.54) is 0 Å². The number of nitrogens with zero attached hydrogens (tertiary/aromatic N) is 3. The van der Waals surface area contributed by atoms with Gasteiger partial charge in [-0.25, -0.2) is 4.68 Å². The van der Waals surface area contributed by atoms with Gasteiger partial charge in [0.2, 0.25) is 0 Å². The van der Waals surface area contributed by atoms with Gasteiger partial charge in [-0.1, -0.05) is 11.3 Å². The predicted octanol–water partition coefficient (Wildman–Crippen LogP) is 0.925. The summed E-state index contributed by atoms with van der Waals surface area (Å²) < 4.78 is 7.10. The fraction of sp³-hybridized carbons (Fsp3) is 0.308. The maximum atomic E-state index is 11.5. The van der Waals surface area contributed by atoms with Crippen LogP contribution in [0.4, 0.5) is 0 Å². The van der Waals surface area contributed by atoms with Crippen molar-refractivity contribution in [2.45, 2.75) is 18.9 Å². The zero-order valence-corrected chi connectivity index (χ0v) is 10.3. The van der Waals surface area contributed by atoms with Gasteiger partial charge in [0.15, 0.2) is 6.61 Å². The van der Waals surface area contributed by atoms with Gasteiger partial charge in [0.05, 0.1) is 18.1 Å². The molecule has 3 rings (SSSR count). The number of amides is 1. The van der Waals surface area contributed by atoms with Crippen LogP contribution in [0.5, 0.6) is 5.75 Å². The molecule has 19 heavy (non-hydrogen) atoms. The molecule has 0 radical (unpaired) electrons. The molecule has 1 heterocycles. The van der Waals surface area contributed by atoms with Crippen LogP contribution in [0.15, 0.2) is 36.7 Å². The molecule has 2 aromatic rings. The van der Waals surface area contributed by atoms with Crippen LogP contribution < -0.4 is 10.1 Å². The Bertz CT molecular complexity index is 564. The van der Waals surface area contributed by atoms with Crippen molar-refractivity contribution < 1.29 is 9.53 Å². The van der Waals surface area contributed by atoms with Crippen molar-refractivity contribution in [3.63, 3.8) is 0 Å². The highest BCUT2D eigenvalue weighted by molar-refractivity contribution is 5.78. The number of benzene rings is 1. The summed E-state index contributed by atoms with van der Waals surface area (Å²) in [4.78, 5) is 11.5. The van der Waals surface area contributed by atoms with E-state index in [2.05, 4.69) is 15.6 Å². The molecule has 0 bridgehead atoms. The van der Waals surface area contributed by atoms with Crippen molar-refractivity contribution in [3.8, 4) is 11.4 Å². The molecule has 6 nitrogen and oxygen atoms in total. The minimum atomic E-state index is -0.0753. The molecule has 0 unspecified atom stereocenters. The molecule has 1 aliphatic carbocycles. The first-order valence-corrected chi connectivity index (χ1v) is 6.20. The standard InChI is InChI=1S/C13H14N4O2/c18-13(15-10-4-5-10)9-19-12-3-1-2-11(8-12)17-7-6-14-16-17/h1-3,6-8,10H,4-5,9H2,(H,15,18). The monoisotopic (exact) mass is 258 g/mol. The van der Waals surface area contributed by atoms with Crippen LogP contribution in [-0.4, -0.2) is 33.5 Å². The normalized spacial score (nSPS) is 14.1. The number of ether oxygens (including phenoxy) is 1. The summed E-state index contributed by atoms with van der Waals surface area (Å²) in [6, 6.07) is 7.73. The summed E-state index contributed by atoms with van der Waals surface area (Å²) in [5.41, 5.74) is 0.845. The van der Waals surface area contributed by atoms with Gasteiger partial charge in [-0.15, -0.1) is 5.10 Å². The molecule has 1 amide bonds. The van der Waals surface area contributed by atoms with Crippen LogP contribution in [0.3, 0.4) is 0 Å². The highest BCUT2D eigenvalue weighted by Crippen LogP contribution is 2.19. The van der Waals surface area contributed by atoms with Gasteiger partial charge in [0, 0.05) is 12.1 Å². The van der Waals surface area contributed by atoms with E-state index >= 15 is 0 Å². The van der Waals surface area contributed by atoms with Crippen LogP contribution in [0.1, 0.15) is 12.8 Å². The van der Waals surface area contributed by atoms with Crippen molar-refractivity contribution in [1.29, 1.82) is 0 Å². The van der Waals surface area contributed by atoms with Gasteiger partial charge in [0.1, 0.15) is 5.75 Å². The van der Waals surface area contributed by atoms with Gasteiger partial charge in [-0.2, -0.15) is 0 Å². The Balaban J connectivity index is 1.61. The molecule has 0 saturated heterocycles. The molecular weight excluding hydrogens is 244 g/mol. The van der Waals surface area contributed by atoms with E-state index in [-0.39, 0.29) is 12.5 Å². The second-order valence-corrected chi connectivity index (χ2v) is 4.48. The largest absolute Gasteiger partial charge is 0.484 e. The van der Waals surface area contributed by atoms with Crippen LogP contribution in [-0.2, 0) is 4.79 Å². The number of nitrogens with one attached hydrogen (secondary N) is 1. The fourth-order valence-electron chi connectivity index (χ4n) is 1.71. The molecule has 1 fully saturated rings. The molecule has 1 aromatic carbocycles. The zero-order chi connectivity index (χ0) is 13.1. The first-order chi connectivity index (χ1) is 9.31. The average Bonchev–Trinajstić information content (AvgIpc) is 3.07. The highest BCUT2D eigenvalue weighted by atomic mass is 16.5. The first-order valence-electron chi connectivity index (χ1n) is 6.20. The second-order valence-electron chi connectivity index (χ2n) is 4.48. The molecule has 0 atom stereocenters. The van der Waals surface area contributed by atoms with E-state index in [1.807, 2.05) is 24.3 Å². The lowest BCUT2D eigenvalue weighted by Gasteiger charge is -2.08. The third-order valence-corrected chi connectivity index (χ3v) is 2.82. The Morgan fingerprint density at radius 2 is 2.37 bits per heavy atom. The van der Waals surface area contributed by atoms with Crippen LogP contribution in [0.25, 0.3) is 5.69 Å². The number of rotatable bonds is 5. The van der Waals surface area contributed by atoms with E-state index in [0.717, 1.165) is 18.5 Å². The Morgan fingerprint density at radius 3 is 3.11 bits per heavy atom. The second kappa shape index (κ2) is 5.09. The molecule has 6 heteroatoms. The lowest BCUT2D eigenvalue weighted by molar-refractivity contribution is -0.123. The maximum Gasteiger partial charge on any atom is 0.258 e. The number of hydrogen-bond acceptors (Lipinski definition) is 4. The summed E-state index contributed by atoms with van der Waals surface area (Å²) >= 11 is 0. The predicted molar refractivity (Wildman–Crippen MR) is 68.0 cm³/mol. The number of carbonyl (C=O) groups excluding carboxylic acids is 1. The summed E-state index contributed by atoms with van der Waals surface area (Å²) in [5, 5.41) is 10.5. The smallest absolute Gasteiger partial charge is 0.258 e. The van der Waals surface area contributed by atoms with E-state index in [0.29, 0.717) is 11.8 Å². The van der Waals surface area contributed by atoms with Crippen LogP contribution in [0, 0.1) is 0 Å². The number of hydrogen-bond donors (Lipinski definition) is 1. The summed E-state index contributed by atoms with van der Waals surface area (Å²) in [6.07, 6.45) is 5.51. The van der Waals surface area contributed by atoms with E-state index in [1.54, 1.807) is 17.1 Å². The van der Waals surface area contributed by atoms with Crippen molar-refractivity contribution >= 4 is 5.91 Å². The molecule has 1 aromatic heterocycles. The quantitative estimate of drug-likeness (QED) is 0.866. The molecule has 1 saturated carbocycles. The van der Waals surface area contributed by atoms with Gasteiger partial charge in [0.25, 0.3) is 5.91 Å². The zero-order valence-electron chi connectivity index (χ0n) is 10.3. The lowest BCUT2D eigenvalue weighted by atomic mass is 10.3. The summed E-state index contributed by atoms with van der Waals surface area (Å²) in [5.74, 6) is 0.563. The maximum absolute atomic E-state index is 11.5. The third kappa shape index (κ3) is 3.09. The molecule has 1 aliphatic rings. The van der Waals surface area contributed by atoms with E-state index in [9.17, 15) is 4.79 Å². The number of carbonyl (C=O) groups is 1. The number of aromatic nitrogens is 3. The van der Waals surface area contributed by atoms with Crippen molar-refractivity contribution in [1.82, 2.24) is 20.3 Å². The molecule has 98 valence electrons. The lowest BCUT2D eigenvalue weighted by Crippen LogP contribution is -2.30. The van der Waals surface area contributed by atoms with Crippen molar-refractivity contribution in [3.05, 3.63) is 36.7 Å². The molecule has 1 N–H and O–H groups in total. The SMILES string of the molecule is O=C(COc1cccc(-n2ccnn2)c1)NC1CC1. The van der Waals surface area contributed by atoms with Crippen LogP contribution in [0.2, 0.25) is 0 Å². The van der Waals surface area contributed by atoms with Crippen molar-refractivity contribution in [2.75, 3.05) is 6.61 Å². The average molecular weight is 258 g/mol. The molecule has 0 spiro atoms. The topological polar surface area (TPSA) is 69.0 Å². The van der Waals surface area contributed by atoms with Crippen LogP contribution >= 0.6 is 0 Å². The van der Waals surface area contributed by atoms with Gasteiger partial charge < -0.3 is 10.1 Å². The fourth-order valence-corrected chi connectivity index (χ4v) is 1.71. The highest BCUT2D eigenvalue weighted by Gasteiger charge is 2.23. The molecular formula is C13H14N4O2. The molecule has 0 aliphatic heterocycles. The Labute approximate surface area is 110 Å². The Morgan fingerprint density at radius 1 is 1.47 bits per heavy atom. The Hall–Kier alpha value is -2.37. The third-order valence-electron chi connectivity index (χ3n) is 2.82. The minimum absolute atomic E-state index is 0.0390. The van der Waals surface area contributed by atoms with E-state index in [4.69, 9.17) is 4.74 Å². The Kier molecular flexibility index (Phi) is 3.14. The van der Waals surface area contributed by atoms with E-state index < -0.39 is 0 Å².